The lowest BCUT2D eigenvalue weighted by atomic mass is 9.87. The molecule has 1 aliphatic rings. The first-order valence-corrected chi connectivity index (χ1v) is 12.8. The van der Waals surface area contributed by atoms with E-state index in [4.69, 9.17) is 21.1 Å². The van der Waals surface area contributed by atoms with Crippen molar-refractivity contribution in [3.8, 4) is 11.5 Å². The molecule has 0 unspecified atom stereocenters. The molecule has 0 radical (unpaired) electrons. The summed E-state index contributed by atoms with van der Waals surface area (Å²) in [4.78, 5) is 17.7. The first kappa shape index (κ1) is 25.0. The highest BCUT2D eigenvalue weighted by atomic mass is 35.5. The molecule has 0 bridgehead atoms. The number of nitrogens with zero attached hydrogens (tertiary/aromatic N) is 2. The fourth-order valence-corrected chi connectivity index (χ4v) is 5.93. The molecular formula is C25H26ClN3O5S. The Balaban J connectivity index is 1.67. The average Bonchev–Trinajstić information content (AvgIpc) is 3.34. The maximum Gasteiger partial charge on any atom is 0.243 e. The zero-order chi connectivity index (χ0) is 25.0. The van der Waals surface area contributed by atoms with Crippen molar-refractivity contribution in [1.82, 2.24) is 14.6 Å². The third-order valence-electron chi connectivity index (χ3n) is 6.08. The molecule has 1 saturated heterocycles. The first-order chi connectivity index (χ1) is 16.8. The number of sulfonamides is 1. The molecule has 1 amide bonds. The number of hydrogen-bond acceptors (Lipinski definition) is 6. The predicted octanol–water partition coefficient (Wildman–Crippen LogP) is 3.47. The SMILES string of the molecule is COc1cccc([C@@H]2CN(S(=O)(=O)c3ccc(Cl)cc3)C[C@@H]2C(=O)NCc2ccccn2)c1OC. The van der Waals surface area contributed by atoms with Crippen LogP contribution in [0.25, 0.3) is 0 Å². The molecule has 1 fully saturated rings. The molecule has 2 atom stereocenters. The second-order valence-electron chi connectivity index (χ2n) is 8.11. The maximum absolute atomic E-state index is 13.4. The molecule has 0 spiro atoms. The number of nitrogens with one attached hydrogen (secondary N) is 1. The lowest BCUT2D eigenvalue weighted by Crippen LogP contribution is -2.35. The Hall–Kier alpha value is -3.14. The molecule has 0 aliphatic carbocycles. The number of benzene rings is 2. The molecule has 1 aromatic heterocycles. The van der Waals surface area contributed by atoms with E-state index in [1.807, 2.05) is 18.2 Å². The van der Waals surface area contributed by atoms with Gasteiger partial charge in [-0.3, -0.25) is 9.78 Å². The number of ether oxygens (including phenoxy) is 2. The molecule has 1 N–H and O–H groups in total. The highest BCUT2D eigenvalue weighted by Crippen LogP contribution is 2.43. The summed E-state index contributed by atoms with van der Waals surface area (Å²) in [5, 5.41) is 3.35. The third kappa shape index (κ3) is 5.27. The smallest absolute Gasteiger partial charge is 0.243 e. The van der Waals surface area contributed by atoms with E-state index < -0.39 is 21.9 Å². The van der Waals surface area contributed by atoms with Gasteiger partial charge in [-0.1, -0.05) is 29.8 Å². The minimum atomic E-state index is -3.85. The van der Waals surface area contributed by atoms with Crippen LogP contribution >= 0.6 is 11.6 Å². The molecule has 2 aromatic carbocycles. The fraction of sp³-hybridized carbons (Fsp3) is 0.280. The van der Waals surface area contributed by atoms with Crippen molar-refractivity contribution >= 4 is 27.5 Å². The lowest BCUT2D eigenvalue weighted by molar-refractivity contribution is -0.125. The van der Waals surface area contributed by atoms with Gasteiger partial charge in [-0.15, -0.1) is 0 Å². The Morgan fingerprint density at radius 2 is 1.83 bits per heavy atom. The monoisotopic (exact) mass is 515 g/mol. The van der Waals surface area contributed by atoms with E-state index in [-0.39, 0.29) is 30.4 Å². The van der Waals surface area contributed by atoms with Gasteiger partial charge in [0.15, 0.2) is 11.5 Å². The van der Waals surface area contributed by atoms with Gasteiger partial charge >= 0.3 is 0 Å². The van der Waals surface area contributed by atoms with Crippen molar-refractivity contribution in [2.45, 2.75) is 17.4 Å². The zero-order valence-corrected chi connectivity index (χ0v) is 20.9. The standard InChI is InChI=1S/C25H26ClN3O5S/c1-33-23-8-5-7-20(24(23)34-2)21-15-29(35(31,32)19-11-9-17(26)10-12-19)16-22(21)25(30)28-14-18-6-3-4-13-27-18/h3-13,21-22H,14-16H2,1-2H3,(H,28,30)/t21-,22-/m0/s1. The molecule has 0 saturated carbocycles. The predicted molar refractivity (Wildman–Crippen MR) is 132 cm³/mol. The van der Waals surface area contributed by atoms with Crippen LogP contribution in [-0.4, -0.2) is 50.9 Å². The number of methoxy groups -OCH3 is 2. The van der Waals surface area contributed by atoms with E-state index in [2.05, 4.69) is 10.3 Å². The zero-order valence-electron chi connectivity index (χ0n) is 19.3. The van der Waals surface area contributed by atoms with E-state index in [0.717, 1.165) is 0 Å². The lowest BCUT2D eigenvalue weighted by Gasteiger charge is -2.21. The van der Waals surface area contributed by atoms with E-state index in [1.54, 1.807) is 24.4 Å². The van der Waals surface area contributed by atoms with Gasteiger partial charge in [0.2, 0.25) is 15.9 Å². The second-order valence-corrected chi connectivity index (χ2v) is 10.5. The van der Waals surface area contributed by atoms with E-state index in [0.29, 0.717) is 27.8 Å². The van der Waals surface area contributed by atoms with Crippen molar-refractivity contribution in [3.63, 3.8) is 0 Å². The van der Waals surface area contributed by atoms with E-state index in [9.17, 15) is 13.2 Å². The van der Waals surface area contributed by atoms with E-state index >= 15 is 0 Å². The van der Waals surface area contributed by atoms with Gasteiger partial charge in [-0.25, -0.2) is 8.42 Å². The van der Waals surface area contributed by atoms with E-state index in [1.165, 1.54) is 42.8 Å². The summed E-state index contributed by atoms with van der Waals surface area (Å²) >= 11 is 5.94. The summed E-state index contributed by atoms with van der Waals surface area (Å²) < 4.78 is 39.2. The molecular weight excluding hydrogens is 490 g/mol. The number of hydrogen-bond donors (Lipinski definition) is 1. The Kier molecular flexibility index (Phi) is 7.59. The number of para-hydroxylation sites is 1. The van der Waals surface area contributed by atoms with Crippen LogP contribution < -0.4 is 14.8 Å². The summed E-state index contributed by atoms with van der Waals surface area (Å²) in [6, 6.07) is 16.8. The summed E-state index contributed by atoms with van der Waals surface area (Å²) in [6.07, 6.45) is 1.65. The van der Waals surface area contributed by atoms with Crippen molar-refractivity contribution in [1.29, 1.82) is 0 Å². The number of aromatic nitrogens is 1. The maximum atomic E-state index is 13.4. The Morgan fingerprint density at radius 1 is 1.06 bits per heavy atom. The van der Waals surface area contributed by atoms with Gasteiger partial charge in [-0.05, 0) is 42.5 Å². The van der Waals surface area contributed by atoms with Gasteiger partial charge in [0.1, 0.15) is 0 Å². The number of carbonyl (C=O) groups excluding carboxylic acids is 1. The molecule has 10 heteroatoms. The normalized spacial score (nSPS) is 18.3. The van der Waals surface area contributed by atoms with Crippen molar-refractivity contribution in [3.05, 3.63) is 83.1 Å². The number of rotatable bonds is 8. The fourth-order valence-electron chi connectivity index (χ4n) is 4.32. The van der Waals surface area contributed by atoms with Gasteiger partial charge in [-0.2, -0.15) is 4.31 Å². The van der Waals surface area contributed by atoms with Crippen LogP contribution in [0.3, 0.4) is 0 Å². The van der Waals surface area contributed by atoms with Gasteiger partial charge in [0.25, 0.3) is 0 Å². The van der Waals surface area contributed by atoms with Crippen molar-refractivity contribution in [2.24, 2.45) is 5.92 Å². The van der Waals surface area contributed by atoms with Crippen LogP contribution in [0.2, 0.25) is 5.02 Å². The molecule has 4 rings (SSSR count). The highest BCUT2D eigenvalue weighted by Gasteiger charge is 2.44. The number of halogens is 1. The average molecular weight is 516 g/mol. The van der Waals surface area contributed by atoms with Crippen LogP contribution in [0.5, 0.6) is 11.5 Å². The number of carbonyl (C=O) groups is 1. The largest absolute Gasteiger partial charge is 0.493 e. The topological polar surface area (TPSA) is 97.8 Å². The second kappa shape index (κ2) is 10.6. The number of amides is 1. The summed E-state index contributed by atoms with van der Waals surface area (Å²) in [6.45, 7) is 0.363. The van der Waals surface area contributed by atoms with Crippen LogP contribution in [0.1, 0.15) is 17.2 Å². The van der Waals surface area contributed by atoms with Crippen LogP contribution in [0, 0.1) is 5.92 Å². The molecule has 2 heterocycles. The molecule has 35 heavy (non-hydrogen) atoms. The van der Waals surface area contributed by atoms with Crippen LogP contribution in [0.4, 0.5) is 0 Å². The Labute approximate surface area is 209 Å². The van der Waals surface area contributed by atoms with Gasteiger partial charge < -0.3 is 14.8 Å². The van der Waals surface area contributed by atoms with Crippen LogP contribution in [-0.2, 0) is 21.4 Å². The summed E-state index contributed by atoms with van der Waals surface area (Å²) in [7, 11) is -0.800. The first-order valence-electron chi connectivity index (χ1n) is 11.0. The molecule has 1 aliphatic heterocycles. The number of pyridine rings is 1. The Bertz CT molecular complexity index is 1290. The third-order valence-corrected chi connectivity index (χ3v) is 8.18. The summed E-state index contributed by atoms with van der Waals surface area (Å²) in [5.41, 5.74) is 1.42. The van der Waals surface area contributed by atoms with Crippen molar-refractivity contribution < 1.29 is 22.7 Å². The minimum Gasteiger partial charge on any atom is -0.493 e. The van der Waals surface area contributed by atoms with Gasteiger partial charge in [0.05, 0.1) is 37.3 Å². The highest BCUT2D eigenvalue weighted by molar-refractivity contribution is 7.89. The van der Waals surface area contributed by atoms with Crippen LogP contribution in [0.15, 0.2) is 71.8 Å². The minimum absolute atomic E-state index is 0.0179. The molecule has 3 aromatic rings. The molecule has 184 valence electrons. The Morgan fingerprint density at radius 3 is 2.49 bits per heavy atom. The quantitative estimate of drug-likeness (QED) is 0.493. The van der Waals surface area contributed by atoms with Gasteiger partial charge in [0, 0.05) is 35.8 Å². The summed E-state index contributed by atoms with van der Waals surface area (Å²) in [5.74, 6) is -0.378. The molecule has 8 nitrogen and oxygen atoms in total. The van der Waals surface area contributed by atoms with Crippen molar-refractivity contribution in [2.75, 3.05) is 27.3 Å².